The van der Waals surface area contributed by atoms with Gasteiger partial charge in [-0.15, -0.1) is 0 Å². The largest absolute Gasteiger partial charge is 0.478 e. The highest BCUT2D eigenvalue weighted by Gasteiger charge is 2.13. The van der Waals surface area contributed by atoms with Crippen LogP contribution < -0.4 is 5.32 Å². The Morgan fingerprint density at radius 1 is 1.39 bits per heavy atom. The van der Waals surface area contributed by atoms with Gasteiger partial charge in [-0.2, -0.15) is 0 Å². The van der Waals surface area contributed by atoms with Crippen molar-refractivity contribution >= 4 is 11.9 Å². The second-order valence-electron chi connectivity index (χ2n) is 4.27. The molecular formula is C12H18N2O4. The summed E-state index contributed by atoms with van der Waals surface area (Å²) >= 11 is 0. The van der Waals surface area contributed by atoms with Crippen LogP contribution in [0.25, 0.3) is 0 Å². The number of unbranched alkanes of at least 4 members (excludes halogenated alkanes) is 1. The van der Waals surface area contributed by atoms with Crippen LogP contribution in [0.5, 0.6) is 0 Å². The van der Waals surface area contributed by atoms with Gasteiger partial charge in [-0.25, -0.2) is 4.79 Å². The zero-order valence-electron chi connectivity index (χ0n) is 10.6. The Bertz CT molecular complexity index is 412. The third-order valence-corrected chi connectivity index (χ3v) is 2.39. The van der Waals surface area contributed by atoms with Gasteiger partial charge in [-0.3, -0.25) is 4.79 Å². The summed E-state index contributed by atoms with van der Waals surface area (Å²) in [7, 11) is 3.99. The number of amides is 1. The molecule has 0 aromatic carbocycles. The number of carboxylic acids is 1. The van der Waals surface area contributed by atoms with Crippen molar-refractivity contribution in [2.24, 2.45) is 0 Å². The minimum Gasteiger partial charge on any atom is -0.478 e. The van der Waals surface area contributed by atoms with E-state index >= 15 is 0 Å². The smallest absolute Gasteiger partial charge is 0.338 e. The number of hydrogen-bond donors (Lipinski definition) is 2. The monoisotopic (exact) mass is 254 g/mol. The van der Waals surface area contributed by atoms with Crippen molar-refractivity contribution in [1.29, 1.82) is 0 Å². The summed E-state index contributed by atoms with van der Waals surface area (Å²) in [6, 6.07) is 1.22. The molecular weight excluding hydrogens is 236 g/mol. The second-order valence-corrected chi connectivity index (χ2v) is 4.27. The van der Waals surface area contributed by atoms with E-state index in [0.29, 0.717) is 6.54 Å². The van der Waals surface area contributed by atoms with Gasteiger partial charge in [-0.05, 0) is 33.5 Å². The summed E-state index contributed by atoms with van der Waals surface area (Å²) in [4.78, 5) is 24.2. The fourth-order valence-corrected chi connectivity index (χ4v) is 1.41. The lowest BCUT2D eigenvalue weighted by Crippen LogP contribution is -2.24. The van der Waals surface area contributed by atoms with E-state index in [4.69, 9.17) is 9.52 Å². The molecule has 1 heterocycles. The first kappa shape index (κ1) is 14.2. The van der Waals surface area contributed by atoms with Crippen molar-refractivity contribution < 1.29 is 19.1 Å². The molecule has 6 nitrogen and oxygen atoms in total. The van der Waals surface area contributed by atoms with Crippen LogP contribution in [0.4, 0.5) is 0 Å². The number of carboxylic acid groups (broad SMARTS) is 1. The lowest BCUT2D eigenvalue weighted by atomic mass is 10.3. The van der Waals surface area contributed by atoms with E-state index in [1.807, 2.05) is 14.1 Å². The summed E-state index contributed by atoms with van der Waals surface area (Å²) in [5.41, 5.74) is -0.0206. The standard InChI is InChI=1S/C12H18N2O4/c1-14(2)6-4-3-5-13-11(15)10-7-9(8-18-10)12(16)17/h7-8H,3-6H2,1-2H3,(H,13,15)(H,16,17). The topological polar surface area (TPSA) is 82.8 Å². The molecule has 0 aliphatic carbocycles. The van der Waals surface area contributed by atoms with Crippen LogP contribution in [0.2, 0.25) is 0 Å². The lowest BCUT2D eigenvalue weighted by Gasteiger charge is -2.08. The second kappa shape index (κ2) is 6.80. The third-order valence-electron chi connectivity index (χ3n) is 2.39. The molecule has 0 bridgehead atoms. The van der Waals surface area contributed by atoms with Crippen molar-refractivity contribution in [3.63, 3.8) is 0 Å². The molecule has 100 valence electrons. The highest BCUT2D eigenvalue weighted by molar-refractivity contribution is 5.95. The number of nitrogens with one attached hydrogen (secondary N) is 1. The van der Waals surface area contributed by atoms with Gasteiger partial charge in [0.05, 0.1) is 5.56 Å². The van der Waals surface area contributed by atoms with E-state index in [9.17, 15) is 9.59 Å². The SMILES string of the molecule is CN(C)CCCCNC(=O)c1cc(C(=O)O)co1. The lowest BCUT2D eigenvalue weighted by molar-refractivity contribution is 0.0696. The molecule has 6 heteroatoms. The first-order valence-electron chi connectivity index (χ1n) is 5.75. The van der Waals surface area contributed by atoms with Gasteiger partial charge >= 0.3 is 5.97 Å². The third kappa shape index (κ3) is 4.58. The Hall–Kier alpha value is -1.82. The molecule has 18 heavy (non-hydrogen) atoms. The van der Waals surface area contributed by atoms with Crippen LogP contribution in [0, 0.1) is 0 Å². The average Bonchev–Trinajstić information content (AvgIpc) is 2.77. The van der Waals surface area contributed by atoms with Gasteiger partial charge in [0.2, 0.25) is 0 Å². The Labute approximate surface area is 106 Å². The van der Waals surface area contributed by atoms with Gasteiger partial charge in [0.25, 0.3) is 5.91 Å². The van der Waals surface area contributed by atoms with Gasteiger partial charge in [0.15, 0.2) is 5.76 Å². The van der Waals surface area contributed by atoms with Crippen molar-refractivity contribution in [2.45, 2.75) is 12.8 Å². The fourth-order valence-electron chi connectivity index (χ4n) is 1.41. The molecule has 2 N–H and O–H groups in total. The molecule has 0 saturated carbocycles. The van der Waals surface area contributed by atoms with E-state index in [0.717, 1.165) is 25.6 Å². The Morgan fingerprint density at radius 2 is 2.11 bits per heavy atom. The molecule has 0 atom stereocenters. The van der Waals surface area contributed by atoms with Crippen LogP contribution in [0.1, 0.15) is 33.8 Å². The minimum absolute atomic E-state index is 0.0206. The molecule has 0 radical (unpaired) electrons. The summed E-state index contributed by atoms with van der Waals surface area (Å²) < 4.78 is 4.88. The van der Waals surface area contributed by atoms with E-state index in [-0.39, 0.29) is 17.2 Å². The maximum absolute atomic E-state index is 11.6. The Balaban J connectivity index is 2.30. The summed E-state index contributed by atoms with van der Waals surface area (Å²) in [6.07, 6.45) is 2.92. The summed E-state index contributed by atoms with van der Waals surface area (Å²) in [5.74, 6) is -1.46. The Kier molecular flexibility index (Phi) is 5.38. The minimum atomic E-state index is -1.11. The normalized spacial score (nSPS) is 10.6. The van der Waals surface area contributed by atoms with Crippen molar-refractivity contribution in [3.8, 4) is 0 Å². The highest BCUT2D eigenvalue weighted by Crippen LogP contribution is 2.07. The molecule has 1 rings (SSSR count). The van der Waals surface area contributed by atoms with Crippen molar-refractivity contribution in [1.82, 2.24) is 10.2 Å². The van der Waals surface area contributed by atoms with Crippen LogP contribution in [0.15, 0.2) is 16.7 Å². The highest BCUT2D eigenvalue weighted by atomic mass is 16.4. The molecule has 1 aromatic rings. The molecule has 1 amide bonds. The maximum atomic E-state index is 11.6. The van der Waals surface area contributed by atoms with Gasteiger partial charge < -0.3 is 19.7 Å². The van der Waals surface area contributed by atoms with E-state index in [1.165, 1.54) is 6.07 Å². The fraction of sp³-hybridized carbons (Fsp3) is 0.500. The van der Waals surface area contributed by atoms with Gasteiger partial charge in [0.1, 0.15) is 6.26 Å². The number of nitrogens with zero attached hydrogens (tertiary/aromatic N) is 1. The predicted molar refractivity (Wildman–Crippen MR) is 65.8 cm³/mol. The summed E-state index contributed by atoms with van der Waals surface area (Å²) in [6.45, 7) is 1.52. The van der Waals surface area contributed by atoms with Crippen LogP contribution >= 0.6 is 0 Å². The van der Waals surface area contributed by atoms with E-state index < -0.39 is 5.97 Å². The van der Waals surface area contributed by atoms with Crippen LogP contribution in [-0.4, -0.2) is 49.1 Å². The number of rotatable bonds is 7. The number of aromatic carboxylic acids is 1. The molecule has 0 unspecified atom stereocenters. The zero-order valence-corrected chi connectivity index (χ0v) is 10.6. The molecule has 0 saturated heterocycles. The van der Waals surface area contributed by atoms with Crippen molar-refractivity contribution in [2.75, 3.05) is 27.2 Å². The van der Waals surface area contributed by atoms with Gasteiger partial charge in [0, 0.05) is 12.6 Å². The first-order valence-corrected chi connectivity index (χ1v) is 5.75. The number of furan rings is 1. The number of carbonyl (C=O) groups excluding carboxylic acids is 1. The number of hydrogen-bond acceptors (Lipinski definition) is 4. The Morgan fingerprint density at radius 3 is 2.67 bits per heavy atom. The maximum Gasteiger partial charge on any atom is 0.338 e. The first-order chi connectivity index (χ1) is 8.50. The van der Waals surface area contributed by atoms with Crippen LogP contribution in [0.3, 0.4) is 0 Å². The summed E-state index contributed by atoms with van der Waals surface area (Å²) in [5, 5.41) is 11.4. The molecule has 0 aliphatic heterocycles. The average molecular weight is 254 g/mol. The predicted octanol–water partition coefficient (Wildman–Crippen LogP) is 1.05. The zero-order chi connectivity index (χ0) is 13.5. The quantitative estimate of drug-likeness (QED) is 0.711. The molecule has 0 spiro atoms. The number of carbonyl (C=O) groups is 2. The van der Waals surface area contributed by atoms with Crippen LogP contribution in [-0.2, 0) is 0 Å². The van der Waals surface area contributed by atoms with E-state index in [1.54, 1.807) is 0 Å². The molecule has 1 aromatic heterocycles. The van der Waals surface area contributed by atoms with Crippen molar-refractivity contribution in [3.05, 3.63) is 23.7 Å². The molecule has 0 aliphatic rings. The van der Waals surface area contributed by atoms with E-state index in [2.05, 4.69) is 10.2 Å². The molecule has 0 fully saturated rings. The van der Waals surface area contributed by atoms with Gasteiger partial charge in [-0.1, -0.05) is 0 Å².